The second-order valence-corrected chi connectivity index (χ2v) is 9.71. The van der Waals surface area contributed by atoms with Gasteiger partial charge in [-0.25, -0.2) is 8.42 Å². The summed E-state index contributed by atoms with van der Waals surface area (Å²) in [4.78, 5) is 26.6. The van der Waals surface area contributed by atoms with E-state index in [1.807, 2.05) is 19.9 Å². The average Bonchev–Trinajstić information content (AvgIpc) is 2.95. The third-order valence-electron chi connectivity index (χ3n) is 5.54. The zero-order valence-corrected chi connectivity index (χ0v) is 19.7. The zero-order chi connectivity index (χ0) is 24.3. The highest BCUT2D eigenvalue weighted by molar-refractivity contribution is 7.92. The Morgan fingerprint density at radius 3 is 2.41 bits per heavy atom. The lowest BCUT2D eigenvalue weighted by atomic mass is 10.1. The van der Waals surface area contributed by atoms with Crippen molar-refractivity contribution >= 4 is 38.9 Å². The first kappa shape index (κ1) is 23.3. The summed E-state index contributed by atoms with van der Waals surface area (Å²) in [5.41, 5.74) is 3.49. The van der Waals surface area contributed by atoms with Crippen LogP contribution in [0.25, 0.3) is 0 Å². The Morgan fingerprint density at radius 1 is 0.971 bits per heavy atom. The summed E-state index contributed by atoms with van der Waals surface area (Å²) in [6.07, 6.45) is 0.169. The van der Waals surface area contributed by atoms with Crippen LogP contribution >= 0.6 is 0 Å². The minimum absolute atomic E-state index is 0.0671. The number of para-hydroxylation sites is 2. The van der Waals surface area contributed by atoms with E-state index in [0.717, 1.165) is 11.1 Å². The number of fused-ring (bicyclic) bond motifs is 1. The van der Waals surface area contributed by atoms with Crippen LogP contribution in [0.3, 0.4) is 0 Å². The van der Waals surface area contributed by atoms with Crippen molar-refractivity contribution in [3.05, 3.63) is 77.9 Å². The Bertz CT molecular complexity index is 1340. The third kappa shape index (κ3) is 5.20. The number of carbonyl (C=O) groups excluding carboxylic acids is 2. The molecule has 0 fully saturated rings. The van der Waals surface area contributed by atoms with E-state index < -0.39 is 15.9 Å². The van der Waals surface area contributed by atoms with Crippen molar-refractivity contribution in [3.63, 3.8) is 0 Å². The number of hydrogen-bond acceptors (Lipinski definition) is 5. The van der Waals surface area contributed by atoms with Gasteiger partial charge in [0.25, 0.3) is 10.0 Å². The number of anilines is 3. The Kier molecular flexibility index (Phi) is 6.56. The van der Waals surface area contributed by atoms with Crippen LogP contribution in [-0.2, 0) is 19.6 Å². The number of nitrogens with zero attached hydrogens (tertiary/aromatic N) is 1. The number of carbonyl (C=O) groups is 2. The molecule has 0 bridgehead atoms. The van der Waals surface area contributed by atoms with E-state index in [1.54, 1.807) is 36.4 Å². The van der Waals surface area contributed by atoms with Crippen LogP contribution in [0.1, 0.15) is 17.5 Å². The summed E-state index contributed by atoms with van der Waals surface area (Å²) in [7, 11) is -3.79. The van der Waals surface area contributed by atoms with Crippen molar-refractivity contribution in [2.45, 2.75) is 25.2 Å². The molecule has 2 amide bonds. The topological polar surface area (TPSA) is 105 Å². The fourth-order valence-electron chi connectivity index (χ4n) is 3.57. The van der Waals surface area contributed by atoms with E-state index in [2.05, 4.69) is 10.0 Å². The highest BCUT2D eigenvalue weighted by Crippen LogP contribution is 2.31. The molecule has 0 aromatic heterocycles. The van der Waals surface area contributed by atoms with Crippen LogP contribution < -0.4 is 19.7 Å². The number of sulfonamides is 1. The van der Waals surface area contributed by atoms with Crippen molar-refractivity contribution in [2.24, 2.45) is 0 Å². The zero-order valence-electron chi connectivity index (χ0n) is 18.9. The molecule has 34 heavy (non-hydrogen) atoms. The monoisotopic (exact) mass is 479 g/mol. The van der Waals surface area contributed by atoms with Gasteiger partial charge in [-0.3, -0.25) is 19.2 Å². The highest BCUT2D eigenvalue weighted by atomic mass is 32.2. The van der Waals surface area contributed by atoms with Crippen LogP contribution in [0.2, 0.25) is 0 Å². The number of benzene rings is 3. The predicted octanol–water partition coefficient (Wildman–Crippen LogP) is 3.86. The maximum atomic E-state index is 12.7. The Morgan fingerprint density at radius 2 is 1.68 bits per heavy atom. The lowest BCUT2D eigenvalue weighted by molar-refractivity contribution is -0.121. The van der Waals surface area contributed by atoms with Gasteiger partial charge in [0.05, 0.1) is 23.6 Å². The lowest BCUT2D eigenvalue weighted by Crippen LogP contribution is -2.37. The molecule has 0 saturated heterocycles. The van der Waals surface area contributed by atoms with Gasteiger partial charge < -0.3 is 10.1 Å². The van der Waals surface area contributed by atoms with Gasteiger partial charge in [-0.05, 0) is 73.5 Å². The molecule has 0 radical (unpaired) electrons. The maximum Gasteiger partial charge on any atom is 0.261 e. The molecule has 1 heterocycles. The fraction of sp³-hybridized carbons (Fsp3) is 0.200. The summed E-state index contributed by atoms with van der Waals surface area (Å²) in [6, 6.07) is 18.2. The molecule has 0 aliphatic carbocycles. The van der Waals surface area contributed by atoms with E-state index in [1.165, 1.54) is 29.2 Å². The van der Waals surface area contributed by atoms with Crippen LogP contribution in [0.4, 0.5) is 17.1 Å². The lowest BCUT2D eigenvalue weighted by Gasteiger charge is -2.21. The van der Waals surface area contributed by atoms with E-state index in [-0.39, 0.29) is 30.4 Å². The standard InChI is InChI=1S/C25H25N3O5S/c1-17-7-8-20(15-18(17)2)27-34(31,32)21-11-9-19(10-12-21)26-24(29)16-28-22-5-3-4-6-23(22)33-14-13-25(28)30/h3-12,15,27H,13-14,16H2,1-2H3,(H,26,29). The quantitative estimate of drug-likeness (QED) is 0.559. The van der Waals surface area contributed by atoms with Gasteiger partial charge in [0.15, 0.2) is 0 Å². The smallest absolute Gasteiger partial charge is 0.261 e. The number of hydrogen-bond donors (Lipinski definition) is 2. The molecule has 0 atom stereocenters. The van der Waals surface area contributed by atoms with Crippen molar-refractivity contribution in [1.29, 1.82) is 0 Å². The summed E-state index contributed by atoms with van der Waals surface area (Å²) in [6.45, 7) is 3.93. The van der Waals surface area contributed by atoms with Gasteiger partial charge in [0, 0.05) is 11.4 Å². The molecule has 0 saturated carbocycles. The Balaban J connectivity index is 1.44. The molecular weight excluding hydrogens is 454 g/mol. The summed E-state index contributed by atoms with van der Waals surface area (Å²) in [5, 5.41) is 2.71. The molecule has 0 spiro atoms. The van der Waals surface area contributed by atoms with Crippen molar-refractivity contribution in [1.82, 2.24) is 0 Å². The molecule has 9 heteroatoms. The minimum atomic E-state index is -3.79. The van der Waals surface area contributed by atoms with Crippen LogP contribution in [-0.4, -0.2) is 33.4 Å². The van der Waals surface area contributed by atoms with Gasteiger partial charge in [0.1, 0.15) is 12.3 Å². The number of aryl methyl sites for hydroxylation is 2. The van der Waals surface area contributed by atoms with Gasteiger partial charge in [-0.2, -0.15) is 0 Å². The van der Waals surface area contributed by atoms with E-state index in [0.29, 0.717) is 22.8 Å². The first-order chi connectivity index (χ1) is 16.2. The maximum absolute atomic E-state index is 12.7. The number of amides is 2. The second-order valence-electron chi connectivity index (χ2n) is 8.02. The molecule has 2 N–H and O–H groups in total. The van der Waals surface area contributed by atoms with E-state index in [4.69, 9.17) is 4.74 Å². The largest absolute Gasteiger partial charge is 0.491 e. The molecule has 0 unspecified atom stereocenters. The third-order valence-corrected chi connectivity index (χ3v) is 6.94. The molecule has 1 aliphatic heterocycles. The molecule has 1 aliphatic rings. The molecule has 4 rings (SSSR count). The number of ether oxygens (including phenoxy) is 1. The first-order valence-corrected chi connectivity index (χ1v) is 12.2. The Hall–Kier alpha value is -3.85. The van der Waals surface area contributed by atoms with E-state index in [9.17, 15) is 18.0 Å². The van der Waals surface area contributed by atoms with Gasteiger partial charge in [-0.15, -0.1) is 0 Å². The Labute approximate surface area is 198 Å². The highest BCUT2D eigenvalue weighted by Gasteiger charge is 2.25. The molecule has 3 aromatic carbocycles. The second kappa shape index (κ2) is 9.56. The summed E-state index contributed by atoms with van der Waals surface area (Å²) in [5.74, 6) is -0.0696. The molecule has 3 aromatic rings. The van der Waals surface area contributed by atoms with Gasteiger partial charge in [-0.1, -0.05) is 18.2 Å². The summed E-state index contributed by atoms with van der Waals surface area (Å²) >= 11 is 0. The average molecular weight is 480 g/mol. The van der Waals surface area contributed by atoms with E-state index >= 15 is 0 Å². The van der Waals surface area contributed by atoms with Crippen LogP contribution in [0, 0.1) is 13.8 Å². The van der Waals surface area contributed by atoms with Gasteiger partial charge in [0.2, 0.25) is 11.8 Å². The fourth-order valence-corrected chi connectivity index (χ4v) is 4.62. The first-order valence-electron chi connectivity index (χ1n) is 10.7. The van der Waals surface area contributed by atoms with Gasteiger partial charge >= 0.3 is 0 Å². The SMILES string of the molecule is Cc1ccc(NS(=O)(=O)c2ccc(NC(=O)CN3C(=O)CCOc4ccccc43)cc2)cc1C. The van der Waals surface area contributed by atoms with Crippen molar-refractivity contribution in [3.8, 4) is 5.75 Å². The number of rotatable bonds is 6. The molecular formula is C25H25N3O5S. The number of nitrogens with one attached hydrogen (secondary N) is 2. The van der Waals surface area contributed by atoms with Crippen LogP contribution in [0.5, 0.6) is 5.75 Å². The van der Waals surface area contributed by atoms with Crippen molar-refractivity contribution in [2.75, 3.05) is 28.1 Å². The molecule has 176 valence electrons. The minimum Gasteiger partial charge on any atom is -0.491 e. The molecule has 8 nitrogen and oxygen atoms in total. The van der Waals surface area contributed by atoms with Crippen LogP contribution in [0.15, 0.2) is 71.6 Å². The predicted molar refractivity (Wildman–Crippen MR) is 131 cm³/mol. The van der Waals surface area contributed by atoms with Crippen molar-refractivity contribution < 1.29 is 22.7 Å². The summed E-state index contributed by atoms with van der Waals surface area (Å²) < 4.78 is 33.6. The normalized spacial score (nSPS) is 13.5.